The highest BCUT2D eigenvalue weighted by Crippen LogP contribution is 2.61. The zero-order valence-electron chi connectivity index (χ0n) is 14.7. The second-order valence-corrected chi connectivity index (χ2v) is 8.31. The van der Waals surface area contributed by atoms with Crippen LogP contribution in [0.1, 0.15) is 50.7 Å². The fourth-order valence-corrected chi connectivity index (χ4v) is 5.88. The maximum absolute atomic E-state index is 10.6. The van der Waals surface area contributed by atoms with Crippen LogP contribution >= 0.6 is 0 Å². The highest BCUT2D eigenvalue weighted by Gasteiger charge is 2.54. The minimum absolute atomic E-state index is 0.00117. The third-order valence-corrected chi connectivity index (χ3v) is 6.93. The van der Waals surface area contributed by atoms with Gasteiger partial charge in [-0.25, -0.2) is 0 Å². The summed E-state index contributed by atoms with van der Waals surface area (Å²) in [4.78, 5) is 0. The van der Waals surface area contributed by atoms with Gasteiger partial charge in [0.05, 0.1) is 13.2 Å². The molecule has 1 fully saturated rings. The van der Waals surface area contributed by atoms with E-state index < -0.39 is 0 Å². The monoisotopic (exact) mass is 312 g/mol. The zero-order chi connectivity index (χ0) is 16.4. The average molecular weight is 312 g/mol. The Bertz CT molecular complexity index is 662. The van der Waals surface area contributed by atoms with E-state index in [1.165, 1.54) is 11.1 Å². The molecule has 1 aromatic rings. The Morgan fingerprint density at radius 3 is 2.70 bits per heavy atom. The van der Waals surface area contributed by atoms with E-state index in [9.17, 15) is 5.11 Å². The van der Waals surface area contributed by atoms with Crippen molar-refractivity contribution in [2.75, 3.05) is 7.11 Å². The van der Waals surface area contributed by atoms with Crippen LogP contribution in [0.25, 0.3) is 0 Å². The first-order valence-electron chi connectivity index (χ1n) is 9.01. The van der Waals surface area contributed by atoms with E-state index in [0.29, 0.717) is 23.7 Å². The SMILES string of the molecule is COc1ccc2c(c1)C[C@@H](C)C1C3=CCC(O)[C@@]3(C)C[C@H](C)C21. The number of ether oxygens (including phenoxy) is 1. The molecule has 2 heteroatoms. The molecule has 3 aliphatic carbocycles. The van der Waals surface area contributed by atoms with Crippen molar-refractivity contribution in [1.82, 2.24) is 0 Å². The second kappa shape index (κ2) is 5.11. The molecule has 0 aliphatic heterocycles. The van der Waals surface area contributed by atoms with Gasteiger partial charge in [-0.3, -0.25) is 0 Å². The summed E-state index contributed by atoms with van der Waals surface area (Å²) in [5, 5.41) is 10.6. The molecule has 2 nitrogen and oxygen atoms in total. The summed E-state index contributed by atoms with van der Waals surface area (Å²) >= 11 is 0. The van der Waals surface area contributed by atoms with Crippen LogP contribution in [0.15, 0.2) is 29.8 Å². The molecule has 124 valence electrons. The second-order valence-electron chi connectivity index (χ2n) is 8.31. The lowest BCUT2D eigenvalue weighted by Gasteiger charge is -2.53. The van der Waals surface area contributed by atoms with Crippen LogP contribution in [0.5, 0.6) is 5.75 Å². The first kappa shape index (κ1) is 15.3. The van der Waals surface area contributed by atoms with Gasteiger partial charge in [0, 0.05) is 5.41 Å². The number of fused-ring (bicyclic) bond motifs is 5. The van der Waals surface area contributed by atoms with Crippen LogP contribution in [0.3, 0.4) is 0 Å². The third kappa shape index (κ3) is 2.04. The van der Waals surface area contributed by atoms with Gasteiger partial charge in [0.15, 0.2) is 0 Å². The van der Waals surface area contributed by atoms with Crippen molar-refractivity contribution in [1.29, 1.82) is 0 Å². The van der Waals surface area contributed by atoms with Crippen LogP contribution < -0.4 is 4.74 Å². The van der Waals surface area contributed by atoms with Crippen LogP contribution in [0, 0.1) is 23.2 Å². The Hall–Kier alpha value is -1.28. The van der Waals surface area contributed by atoms with Gasteiger partial charge in [-0.2, -0.15) is 0 Å². The lowest BCUT2D eigenvalue weighted by Crippen LogP contribution is -2.46. The summed E-state index contributed by atoms with van der Waals surface area (Å²) < 4.78 is 5.43. The summed E-state index contributed by atoms with van der Waals surface area (Å²) in [7, 11) is 1.75. The number of methoxy groups -OCH3 is 1. The molecule has 1 saturated carbocycles. The van der Waals surface area contributed by atoms with E-state index in [2.05, 4.69) is 45.0 Å². The minimum atomic E-state index is -0.189. The number of rotatable bonds is 1. The average Bonchev–Trinajstić information content (AvgIpc) is 2.81. The number of aliphatic hydroxyl groups is 1. The number of aliphatic hydroxyl groups excluding tert-OH is 1. The van der Waals surface area contributed by atoms with Crippen molar-refractivity contribution in [3.8, 4) is 5.75 Å². The van der Waals surface area contributed by atoms with E-state index in [1.807, 2.05) is 0 Å². The highest BCUT2D eigenvalue weighted by atomic mass is 16.5. The number of hydrogen-bond donors (Lipinski definition) is 1. The lowest BCUT2D eigenvalue weighted by molar-refractivity contribution is 0.0211. The van der Waals surface area contributed by atoms with E-state index in [0.717, 1.165) is 25.0 Å². The van der Waals surface area contributed by atoms with Gasteiger partial charge in [0.1, 0.15) is 5.75 Å². The van der Waals surface area contributed by atoms with Gasteiger partial charge >= 0.3 is 0 Å². The van der Waals surface area contributed by atoms with Crippen LogP contribution in [0.2, 0.25) is 0 Å². The third-order valence-electron chi connectivity index (χ3n) is 6.93. The van der Waals surface area contributed by atoms with Crippen LogP contribution in [0.4, 0.5) is 0 Å². The molecule has 0 spiro atoms. The zero-order valence-corrected chi connectivity index (χ0v) is 14.7. The lowest BCUT2D eigenvalue weighted by atomic mass is 9.52. The number of hydrogen-bond acceptors (Lipinski definition) is 2. The van der Waals surface area contributed by atoms with Gasteiger partial charge in [-0.15, -0.1) is 0 Å². The molecule has 4 rings (SSSR count). The van der Waals surface area contributed by atoms with Gasteiger partial charge in [-0.1, -0.05) is 38.5 Å². The Morgan fingerprint density at radius 2 is 1.96 bits per heavy atom. The molecule has 3 unspecified atom stereocenters. The molecule has 0 saturated heterocycles. The van der Waals surface area contributed by atoms with E-state index >= 15 is 0 Å². The Balaban J connectivity index is 1.81. The van der Waals surface area contributed by atoms with Crippen LogP contribution in [-0.2, 0) is 6.42 Å². The van der Waals surface area contributed by atoms with Crippen LogP contribution in [-0.4, -0.2) is 18.3 Å². The molecule has 6 atom stereocenters. The molecule has 0 bridgehead atoms. The van der Waals surface area contributed by atoms with Gasteiger partial charge in [0.2, 0.25) is 0 Å². The molecule has 0 aromatic heterocycles. The van der Waals surface area contributed by atoms with Gasteiger partial charge < -0.3 is 9.84 Å². The molecule has 0 heterocycles. The van der Waals surface area contributed by atoms with Crippen molar-refractivity contribution in [3.63, 3.8) is 0 Å². The smallest absolute Gasteiger partial charge is 0.119 e. The quantitative estimate of drug-likeness (QED) is 0.782. The van der Waals surface area contributed by atoms with Crippen molar-refractivity contribution in [2.45, 2.75) is 52.1 Å². The first-order valence-corrected chi connectivity index (χ1v) is 9.01. The fraction of sp³-hybridized carbons (Fsp3) is 0.619. The van der Waals surface area contributed by atoms with Gasteiger partial charge in [-0.05, 0) is 66.2 Å². The fourth-order valence-electron chi connectivity index (χ4n) is 5.88. The Morgan fingerprint density at radius 1 is 1.17 bits per heavy atom. The molecule has 3 aliphatic rings. The molecule has 0 amide bonds. The maximum Gasteiger partial charge on any atom is 0.119 e. The van der Waals surface area contributed by atoms with E-state index in [4.69, 9.17) is 4.74 Å². The molecule has 0 radical (unpaired) electrons. The highest BCUT2D eigenvalue weighted by molar-refractivity contribution is 5.45. The molecular weight excluding hydrogens is 284 g/mol. The van der Waals surface area contributed by atoms with Crippen molar-refractivity contribution in [3.05, 3.63) is 41.0 Å². The van der Waals surface area contributed by atoms with E-state index in [1.54, 1.807) is 12.7 Å². The van der Waals surface area contributed by atoms with E-state index in [-0.39, 0.29) is 11.5 Å². The van der Waals surface area contributed by atoms with Crippen molar-refractivity contribution < 1.29 is 9.84 Å². The molecular formula is C21H28O2. The topological polar surface area (TPSA) is 29.5 Å². The maximum atomic E-state index is 10.6. The summed E-state index contributed by atoms with van der Waals surface area (Å²) in [6, 6.07) is 6.65. The predicted octanol–water partition coefficient (Wildman–Crippen LogP) is 4.32. The van der Waals surface area contributed by atoms with Crippen molar-refractivity contribution >= 4 is 0 Å². The van der Waals surface area contributed by atoms with Gasteiger partial charge in [0.25, 0.3) is 0 Å². The predicted molar refractivity (Wildman–Crippen MR) is 92.7 cm³/mol. The largest absolute Gasteiger partial charge is 0.497 e. The molecule has 1 aromatic carbocycles. The van der Waals surface area contributed by atoms with Crippen molar-refractivity contribution in [2.24, 2.45) is 23.2 Å². The first-order chi connectivity index (χ1) is 11.0. The Kier molecular flexibility index (Phi) is 3.39. The standard InChI is InChI=1S/C21H28O2/c1-12-9-14-10-15(23-4)5-6-16(14)19-13(2)11-21(3)17(20(12)19)7-8-18(21)22/h5-7,10,12-13,18-20,22H,8-9,11H2,1-4H3/t12-,13+,18?,19?,20?,21+/m1/s1. The summed E-state index contributed by atoms with van der Waals surface area (Å²) in [6.07, 6.45) is 5.22. The summed E-state index contributed by atoms with van der Waals surface area (Å²) in [5.41, 5.74) is 4.53. The summed E-state index contributed by atoms with van der Waals surface area (Å²) in [5.74, 6) is 3.37. The Labute approximate surface area is 139 Å². The summed E-state index contributed by atoms with van der Waals surface area (Å²) in [6.45, 7) is 7.07. The minimum Gasteiger partial charge on any atom is -0.497 e. The normalized spacial score (nSPS) is 41.6. The molecule has 1 N–H and O–H groups in total. The molecule has 23 heavy (non-hydrogen) atoms. The number of benzene rings is 1.